The fraction of sp³-hybridized carbons (Fsp3) is 0.909. The molecule has 2 atom stereocenters. The highest BCUT2D eigenvalue weighted by atomic mass is 35.5. The molecule has 1 rings (SSSR count). The van der Waals surface area contributed by atoms with E-state index >= 15 is 0 Å². The fourth-order valence-corrected chi connectivity index (χ4v) is 2.30. The average Bonchev–Trinajstić information content (AvgIpc) is 2.15. The lowest BCUT2D eigenvalue weighted by atomic mass is 9.77. The summed E-state index contributed by atoms with van der Waals surface area (Å²) < 4.78 is 0. The summed E-state index contributed by atoms with van der Waals surface area (Å²) in [5.74, 6) is 0.477. The van der Waals surface area contributed by atoms with Crippen LogP contribution in [0.25, 0.3) is 0 Å². The van der Waals surface area contributed by atoms with Crippen molar-refractivity contribution in [3.63, 3.8) is 0 Å². The largest absolute Gasteiger partial charge is 0.465 e. The number of likely N-dealkylation sites (tertiary alicyclic amines) is 1. The summed E-state index contributed by atoms with van der Waals surface area (Å²) in [6, 6.07) is 0.0947. The number of piperidine rings is 1. The van der Waals surface area contributed by atoms with Crippen molar-refractivity contribution in [3.8, 4) is 0 Å². The zero-order valence-corrected chi connectivity index (χ0v) is 11.1. The third-order valence-electron chi connectivity index (χ3n) is 3.29. The quantitative estimate of drug-likeness (QED) is 0.750. The van der Waals surface area contributed by atoms with E-state index < -0.39 is 6.09 Å². The summed E-state index contributed by atoms with van der Waals surface area (Å²) in [4.78, 5) is 12.7. The van der Waals surface area contributed by atoms with Gasteiger partial charge in [-0.1, -0.05) is 20.8 Å². The summed E-state index contributed by atoms with van der Waals surface area (Å²) in [6.45, 7) is 7.56. The molecule has 1 saturated heterocycles. The third-order valence-corrected chi connectivity index (χ3v) is 3.29. The van der Waals surface area contributed by atoms with Crippen LogP contribution < -0.4 is 5.73 Å². The second-order valence-corrected chi connectivity index (χ2v) is 5.48. The minimum atomic E-state index is -0.801. The summed E-state index contributed by atoms with van der Waals surface area (Å²) in [5.41, 5.74) is 5.66. The first-order chi connectivity index (χ1) is 6.86. The molecule has 1 aliphatic heterocycles. The van der Waals surface area contributed by atoms with Gasteiger partial charge in [0.2, 0.25) is 0 Å². The van der Waals surface area contributed by atoms with E-state index in [0.29, 0.717) is 19.0 Å². The molecule has 3 N–H and O–H groups in total. The lowest BCUT2D eigenvalue weighted by Gasteiger charge is -2.44. The number of nitrogens with two attached hydrogens (primary N) is 1. The van der Waals surface area contributed by atoms with Gasteiger partial charge in [-0.2, -0.15) is 0 Å². The van der Waals surface area contributed by atoms with E-state index in [2.05, 4.69) is 20.8 Å². The Bertz CT molecular complexity index is 241. The molecule has 0 aliphatic carbocycles. The molecule has 5 heteroatoms. The highest BCUT2D eigenvalue weighted by molar-refractivity contribution is 5.85. The molecule has 0 bridgehead atoms. The van der Waals surface area contributed by atoms with Crippen molar-refractivity contribution in [2.75, 3.05) is 13.1 Å². The SMILES string of the molecule is CC(C)(C)C1CC(CN)CCN1C(=O)O.Cl. The predicted octanol–water partition coefficient (Wildman–Crippen LogP) is 2.17. The van der Waals surface area contributed by atoms with E-state index in [0.717, 1.165) is 12.8 Å². The standard InChI is InChI=1S/C11H22N2O2.ClH/c1-11(2,3)9-6-8(7-12)4-5-13(9)10(14)15;/h8-9H,4-7,12H2,1-3H3,(H,14,15);1H. The van der Waals surface area contributed by atoms with Crippen LogP contribution in [0.15, 0.2) is 0 Å². The van der Waals surface area contributed by atoms with Gasteiger partial charge in [0.1, 0.15) is 0 Å². The van der Waals surface area contributed by atoms with Gasteiger partial charge < -0.3 is 15.7 Å². The van der Waals surface area contributed by atoms with Gasteiger partial charge in [0, 0.05) is 12.6 Å². The maximum atomic E-state index is 11.1. The number of carbonyl (C=O) groups is 1. The molecule has 0 aromatic heterocycles. The summed E-state index contributed by atoms with van der Waals surface area (Å²) in [6.07, 6.45) is 0.993. The van der Waals surface area contributed by atoms with E-state index in [1.54, 1.807) is 4.90 Å². The Hall–Kier alpha value is -0.480. The summed E-state index contributed by atoms with van der Waals surface area (Å²) in [7, 11) is 0. The van der Waals surface area contributed by atoms with Crippen LogP contribution >= 0.6 is 12.4 Å². The zero-order valence-electron chi connectivity index (χ0n) is 10.3. The first kappa shape index (κ1) is 15.5. The van der Waals surface area contributed by atoms with Gasteiger partial charge in [-0.25, -0.2) is 4.79 Å². The van der Waals surface area contributed by atoms with Crippen LogP contribution in [0.2, 0.25) is 0 Å². The second-order valence-electron chi connectivity index (χ2n) is 5.48. The number of rotatable bonds is 1. The van der Waals surface area contributed by atoms with Gasteiger partial charge in [0.25, 0.3) is 0 Å². The topological polar surface area (TPSA) is 66.6 Å². The number of halogens is 1. The lowest BCUT2D eigenvalue weighted by molar-refractivity contribution is 0.0421. The molecule has 2 unspecified atom stereocenters. The molecule has 0 spiro atoms. The van der Waals surface area contributed by atoms with Crippen molar-refractivity contribution < 1.29 is 9.90 Å². The number of hydrogen-bond acceptors (Lipinski definition) is 2. The predicted molar refractivity (Wildman–Crippen MR) is 67.0 cm³/mol. The first-order valence-corrected chi connectivity index (χ1v) is 5.56. The van der Waals surface area contributed by atoms with E-state index in [9.17, 15) is 4.79 Å². The van der Waals surface area contributed by atoms with E-state index in [-0.39, 0.29) is 23.9 Å². The summed E-state index contributed by atoms with van der Waals surface area (Å²) >= 11 is 0. The number of nitrogens with zero attached hydrogens (tertiary/aromatic N) is 1. The highest BCUT2D eigenvalue weighted by Crippen LogP contribution is 2.34. The molecule has 0 saturated carbocycles. The van der Waals surface area contributed by atoms with E-state index in [1.807, 2.05) is 0 Å². The average molecular weight is 251 g/mol. The van der Waals surface area contributed by atoms with Crippen molar-refractivity contribution in [2.24, 2.45) is 17.1 Å². The first-order valence-electron chi connectivity index (χ1n) is 5.56. The van der Waals surface area contributed by atoms with Gasteiger partial charge in [0.15, 0.2) is 0 Å². The Morgan fingerprint density at radius 3 is 2.44 bits per heavy atom. The Morgan fingerprint density at radius 2 is 2.06 bits per heavy atom. The van der Waals surface area contributed by atoms with Crippen LogP contribution in [0.1, 0.15) is 33.6 Å². The van der Waals surface area contributed by atoms with E-state index in [4.69, 9.17) is 10.8 Å². The van der Waals surface area contributed by atoms with Gasteiger partial charge in [-0.05, 0) is 30.7 Å². The molecule has 0 radical (unpaired) electrons. The number of carboxylic acid groups (broad SMARTS) is 1. The molecule has 1 amide bonds. The van der Waals surface area contributed by atoms with Crippen LogP contribution in [-0.2, 0) is 0 Å². The maximum Gasteiger partial charge on any atom is 0.407 e. The van der Waals surface area contributed by atoms with Crippen molar-refractivity contribution in [1.29, 1.82) is 0 Å². The zero-order chi connectivity index (χ0) is 11.6. The van der Waals surface area contributed by atoms with Gasteiger partial charge >= 0.3 is 6.09 Å². The maximum absolute atomic E-state index is 11.1. The third kappa shape index (κ3) is 3.52. The van der Waals surface area contributed by atoms with Gasteiger partial charge in [0.05, 0.1) is 0 Å². The molecule has 0 aromatic carbocycles. The fourth-order valence-electron chi connectivity index (χ4n) is 2.30. The van der Waals surface area contributed by atoms with Crippen molar-refractivity contribution in [2.45, 2.75) is 39.7 Å². The molecule has 1 aliphatic rings. The van der Waals surface area contributed by atoms with Crippen LogP contribution in [0.3, 0.4) is 0 Å². The lowest BCUT2D eigenvalue weighted by Crippen LogP contribution is -2.52. The molecule has 96 valence electrons. The minimum absolute atomic E-state index is 0. The van der Waals surface area contributed by atoms with Crippen LogP contribution in [0.5, 0.6) is 0 Å². The molecular formula is C11H23ClN2O2. The molecule has 4 nitrogen and oxygen atoms in total. The van der Waals surface area contributed by atoms with Gasteiger partial charge in [-0.3, -0.25) is 0 Å². The van der Waals surface area contributed by atoms with Crippen LogP contribution in [0.4, 0.5) is 4.79 Å². The minimum Gasteiger partial charge on any atom is -0.465 e. The molecular weight excluding hydrogens is 228 g/mol. The Morgan fingerprint density at radius 1 is 1.50 bits per heavy atom. The Kier molecular flexibility index (Phi) is 5.56. The van der Waals surface area contributed by atoms with Crippen molar-refractivity contribution in [3.05, 3.63) is 0 Å². The highest BCUT2D eigenvalue weighted by Gasteiger charge is 2.38. The monoisotopic (exact) mass is 250 g/mol. The number of hydrogen-bond donors (Lipinski definition) is 2. The van der Waals surface area contributed by atoms with Crippen LogP contribution in [-0.4, -0.2) is 35.2 Å². The van der Waals surface area contributed by atoms with Crippen molar-refractivity contribution >= 4 is 18.5 Å². The second kappa shape index (κ2) is 5.73. The van der Waals surface area contributed by atoms with Crippen LogP contribution in [0, 0.1) is 11.3 Å². The van der Waals surface area contributed by atoms with Gasteiger partial charge in [-0.15, -0.1) is 12.4 Å². The van der Waals surface area contributed by atoms with E-state index in [1.165, 1.54) is 0 Å². The molecule has 0 aromatic rings. The molecule has 1 fully saturated rings. The smallest absolute Gasteiger partial charge is 0.407 e. The molecule has 16 heavy (non-hydrogen) atoms. The Labute approximate surface area is 104 Å². The number of amides is 1. The summed E-state index contributed by atoms with van der Waals surface area (Å²) in [5, 5.41) is 9.13. The normalized spacial score (nSPS) is 26.1. The molecule has 1 heterocycles. The van der Waals surface area contributed by atoms with Crippen molar-refractivity contribution in [1.82, 2.24) is 4.90 Å². The Balaban J connectivity index is 0.00000225.